The fourth-order valence-corrected chi connectivity index (χ4v) is 4.92. The maximum Gasteiger partial charge on any atom is 0.106 e. The van der Waals surface area contributed by atoms with Gasteiger partial charge in [-0.2, -0.15) is 11.8 Å². The molecule has 0 amide bonds. The number of thioether (sulfide) groups is 1. The lowest BCUT2D eigenvalue weighted by Gasteiger charge is -2.18. The number of aromatic nitrogens is 1. The van der Waals surface area contributed by atoms with Crippen molar-refractivity contribution in [2.45, 2.75) is 43.4 Å². The van der Waals surface area contributed by atoms with E-state index >= 15 is 0 Å². The Bertz CT molecular complexity index is 339. The van der Waals surface area contributed by atoms with Crippen LogP contribution in [0.4, 0.5) is 0 Å². The molecule has 0 aliphatic carbocycles. The summed E-state index contributed by atoms with van der Waals surface area (Å²) in [5.41, 5.74) is 1.30. The van der Waals surface area contributed by atoms with Gasteiger partial charge in [0.05, 0.1) is 17.0 Å². The minimum Gasteiger partial charge on any atom is -0.309 e. The van der Waals surface area contributed by atoms with Gasteiger partial charge < -0.3 is 5.32 Å². The molecule has 2 unspecified atom stereocenters. The molecule has 88 valence electrons. The first-order valence-electron chi connectivity index (χ1n) is 6.24. The van der Waals surface area contributed by atoms with E-state index in [9.17, 15) is 0 Å². The molecule has 4 heteroatoms. The van der Waals surface area contributed by atoms with Crippen LogP contribution in [0.15, 0.2) is 5.38 Å². The molecule has 0 saturated carbocycles. The number of rotatable bonds is 2. The quantitative estimate of drug-likeness (QED) is 0.874. The average Bonchev–Trinajstić information content (AvgIpc) is 3.01. The monoisotopic (exact) mass is 254 g/mol. The first-order valence-corrected chi connectivity index (χ1v) is 8.16. The van der Waals surface area contributed by atoms with E-state index in [2.05, 4.69) is 22.5 Å². The summed E-state index contributed by atoms with van der Waals surface area (Å²) in [5, 5.41) is 7.86. The third kappa shape index (κ3) is 2.29. The van der Waals surface area contributed by atoms with Crippen molar-refractivity contribution in [3.05, 3.63) is 16.1 Å². The minimum absolute atomic E-state index is 0.540. The lowest BCUT2D eigenvalue weighted by molar-refractivity contribution is 0.624. The number of nitrogens with one attached hydrogen (secondary N) is 1. The Morgan fingerprint density at radius 3 is 3.00 bits per heavy atom. The van der Waals surface area contributed by atoms with Gasteiger partial charge in [0.25, 0.3) is 0 Å². The van der Waals surface area contributed by atoms with Crippen LogP contribution in [-0.4, -0.2) is 17.3 Å². The van der Waals surface area contributed by atoms with Crippen molar-refractivity contribution >= 4 is 23.1 Å². The van der Waals surface area contributed by atoms with Crippen LogP contribution >= 0.6 is 23.1 Å². The van der Waals surface area contributed by atoms with E-state index in [4.69, 9.17) is 4.98 Å². The highest BCUT2D eigenvalue weighted by molar-refractivity contribution is 7.99. The Morgan fingerprint density at radius 1 is 1.25 bits per heavy atom. The Kier molecular flexibility index (Phi) is 3.50. The molecular formula is C12H18N2S2. The highest BCUT2D eigenvalue weighted by Gasteiger charge is 2.23. The predicted octanol–water partition coefficient (Wildman–Crippen LogP) is 3.53. The van der Waals surface area contributed by atoms with Crippen molar-refractivity contribution < 1.29 is 0 Å². The first-order chi connectivity index (χ1) is 7.93. The summed E-state index contributed by atoms with van der Waals surface area (Å²) in [4.78, 5) is 4.85. The summed E-state index contributed by atoms with van der Waals surface area (Å²) in [6.07, 6.45) is 6.67. The van der Waals surface area contributed by atoms with Crippen molar-refractivity contribution in [1.82, 2.24) is 10.3 Å². The second-order valence-electron chi connectivity index (χ2n) is 4.61. The number of hydrogen-bond acceptors (Lipinski definition) is 4. The predicted molar refractivity (Wildman–Crippen MR) is 71.1 cm³/mol. The summed E-state index contributed by atoms with van der Waals surface area (Å²) in [6, 6.07) is 0.540. The van der Waals surface area contributed by atoms with Crippen molar-refractivity contribution in [2.75, 3.05) is 12.3 Å². The Balaban J connectivity index is 1.71. The standard InChI is InChI=1S/C12H18N2S2/c1-2-7-15-11(5-1)12-14-10(8-16-12)9-4-3-6-13-9/h8-9,11,13H,1-7H2. The maximum atomic E-state index is 4.85. The van der Waals surface area contributed by atoms with Gasteiger partial charge in [-0.1, -0.05) is 6.42 Å². The van der Waals surface area contributed by atoms with E-state index in [0.717, 1.165) is 6.54 Å². The van der Waals surface area contributed by atoms with Crippen LogP contribution in [0.1, 0.15) is 54.1 Å². The number of thiazole rings is 1. The third-order valence-electron chi connectivity index (χ3n) is 3.41. The highest BCUT2D eigenvalue weighted by Crippen LogP contribution is 2.40. The molecule has 3 rings (SSSR count). The molecule has 2 saturated heterocycles. The minimum atomic E-state index is 0.540. The molecule has 1 aromatic heterocycles. The largest absolute Gasteiger partial charge is 0.309 e. The molecule has 2 fully saturated rings. The van der Waals surface area contributed by atoms with E-state index in [1.54, 1.807) is 0 Å². The maximum absolute atomic E-state index is 4.85. The first kappa shape index (κ1) is 11.1. The average molecular weight is 254 g/mol. The van der Waals surface area contributed by atoms with E-state index in [1.165, 1.54) is 48.6 Å². The van der Waals surface area contributed by atoms with Gasteiger partial charge in [0.15, 0.2) is 0 Å². The molecule has 2 atom stereocenters. The molecule has 3 heterocycles. The smallest absolute Gasteiger partial charge is 0.106 e. The highest BCUT2D eigenvalue weighted by atomic mass is 32.2. The molecule has 0 radical (unpaired) electrons. The van der Waals surface area contributed by atoms with Crippen LogP contribution < -0.4 is 5.32 Å². The van der Waals surface area contributed by atoms with Crippen LogP contribution in [0.5, 0.6) is 0 Å². The van der Waals surface area contributed by atoms with Crippen LogP contribution in [-0.2, 0) is 0 Å². The summed E-state index contributed by atoms with van der Waals surface area (Å²) in [7, 11) is 0. The lowest BCUT2D eigenvalue weighted by atomic mass is 10.2. The molecular weight excluding hydrogens is 236 g/mol. The van der Waals surface area contributed by atoms with Crippen molar-refractivity contribution in [2.24, 2.45) is 0 Å². The second-order valence-corrected chi connectivity index (χ2v) is 6.82. The summed E-state index contributed by atoms with van der Waals surface area (Å²) in [5.74, 6) is 1.32. The fourth-order valence-electron chi connectivity index (χ4n) is 2.48. The van der Waals surface area contributed by atoms with Gasteiger partial charge in [-0.05, 0) is 38.0 Å². The van der Waals surface area contributed by atoms with Gasteiger partial charge in [-0.15, -0.1) is 11.3 Å². The molecule has 2 aliphatic rings. The van der Waals surface area contributed by atoms with Gasteiger partial charge in [0, 0.05) is 5.38 Å². The molecule has 0 bridgehead atoms. The van der Waals surface area contributed by atoms with Crippen LogP contribution in [0.3, 0.4) is 0 Å². The van der Waals surface area contributed by atoms with Crippen LogP contribution in [0, 0.1) is 0 Å². The second kappa shape index (κ2) is 5.07. The molecule has 1 aromatic rings. The fraction of sp³-hybridized carbons (Fsp3) is 0.750. The zero-order valence-electron chi connectivity index (χ0n) is 9.45. The Hall–Kier alpha value is -0.0600. The summed E-state index contributed by atoms with van der Waals surface area (Å²) >= 11 is 3.97. The molecule has 2 nitrogen and oxygen atoms in total. The summed E-state index contributed by atoms with van der Waals surface area (Å²) < 4.78 is 0. The van der Waals surface area contributed by atoms with Crippen molar-refractivity contribution in [3.8, 4) is 0 Å². The SMILES string of the molecule is c1sc(C2CCCCS2)nc1C1CCCN1. The molecule has 0 aromatic carbocycles. The lowest BCUT2D eigenvalue weighted by Crippen LogP contribution is -2.13. The van der Waals surface area contributed by atoms with Crippen LogP contribution in [0.2, 0.25) is 0 Å². The van der Waals surface area contributed by atoms with Gasteiger partial charge >= 0.3 is 0 Å². The van der Waals surface area contributed by atoms with Crippen LogP contribution in [0.25, 0.3) is 0 Å². The molecule has 2 aliphatic heterocycles. The van der Waals surface area contributed by atoms with Gasteiger partial charge in [0.2, 0.25) is 0 Å². The number of hydrogen-bond donors (Lipinski definition) is 1. The Labute approximate surface area is 105 Å². The van der Waals surface area contributed by atoms with E-state index in [1.807, 2.05) is 11.3 Å². The topological polar surface area (TPSA) is 24.9 Å². The van der Waals surface area contributed by atoms with Gasteiger partial charge in [-0.3, -0.25) is 0 Å². The Morgan fingerprint density at radius 2 is 2.25 bits per heavy atom. The third-order valence-corrected chi connectivity index (χ3v) is 5.92. The zero-order valence-corrected chi connectivity index (χ0v) is 11.1. The van der Waals surface area contributed by atoms with Gasteiger partial charge in [-0.25, -0.2) is 4.98 Å². The molecule has 16 heavy (non-hydrogen) atoms. The number of nitrogens with zero attached hydrogens (tertiary/aromatic N) is 1. The van der Waals surface area contributed by atoms with E-state index < -0.39 is 0 Å². The molecule has 0 spiro atoms. The normalized spacial score (nSPS) is 30.8. The van der Waals surface area contributed by atoms with Crippen molar-refractivity contribution in [1.29, 1.82) is 0 Å². The van der Waals surface area contributed by atoms with E-state index in [-0.39, 0.29) is 0 Å². The van der Waals surface area contributed by atoms with Crippen molar-refractivity contribution in [3.63, 3.8) is 0 Å². The zero-order chi connectivity index (χ0) is 10.8. The van der Waals surface area contributed by atoms with E-state index in [0.29, 0.717) is 11.3 Å². The molecule has 1 N–H and O–H groups in total. The summed E-state index contributed by atoms with van der Waals surface area (Å²) in [6.45, 7) is 1.16. The van der Waals surface area contributed by atoms with Gasteiger partial charge in [0.1, 0.15) is 5.01 Å².